The molecule has 0 atom stereocenters. The van der Waals surface area contributed by atoms with Gasteiger partial charge < -0.3 is 0 Å². The van der Waals surface area contributed by atoms with Gasteiger partial charge in [-0.15, -0.1) is 0 Å². The third-order valence-corrected chi connectivity index (χ3v) is 1.53. The van der Waals surface area contributed by atoms with Crippen molar-refractivity contribution in [2.24, 2.45) is 0 Å². The van der Waals surface area contributed by atoms with Crippen LogP contribution in [0.3, 0.4) is 0 Å². The first-order chi connectivity index (χ1) is 5.75. The molecule has 0 aliphatic heterocycles. The minimum Gasteiger partial charge on any atom is -0.289 e. The van der Waals surface area contributed by atoms with E-state index in [1.54, 1.807) is 0 Å². The van der Waals surface area contributed by atoms with Gasteiger partial charge in [-0.25, -0.2) is 4.39 Å². The first kappa shape index (κ1) is 8.76. The van der Waals surface area contributed by atoms with E-state index in [-0.39, 0.29) is 10.6 Å². The average molecular weight is 183 g/mol. The summed E-state index contributed by atoms with van der Waals surface area (Å²) < 4.78 is 12.9. The van der Waals surface area contributed by atoms with Crippen LogP contribution < -0.4 is 0 Å². The van der Waals surface area contributed by atoms with Gasteiger partial charge >= 0.3 is 0 Å². The summed E-state index contributed by atoms with van der Waals surface area (Å²) in [4.78, 5) is 9.86. The van der Waals surface area contributed by atoms with Crippen molar-refractivity contribution in [2.75, 3.05) is 0 Å². The molecule has 1 aromatic carbocycles. The summed E-state index contributed by atoms with van der Waals surface area (Å²) >= 11 is 5.61. The summed E-state index contributed by atoms with van der Waals surface area (Å²) in [5.74, 6) is 3.88. The van der Waals surface area contributed by atoms with Crippen LogP contribution in [0.2, 0.25) is 5.02 Å². The van der Waals surface area contributed by atoms with Crippen LogP contribution in [0.4, 0.5) is 4.39 Å². The summed E-state index contributed by atoms with van der Waals surface area (Å²) in [6.07, 6.45) is 0.392. The Labute approximate surface area is 74.2 Å². The lowest BCUT2D eigenvalue weighted by Crippen LogP contribution is -1.83. The Balaban J connectivity index is 3.21. The van der Waals surface area contributed by atoms with E-state index in [9.17, 15) is 9.18 Å². The van der Waals surface area contributed by atoms with Gasteiger partial charge in [0.15, 0.2) is 6.29 Å². The number of hydrogen-bond acceptors (Lipinski definition) is 1. The SMILES string of the molecule is O=CC#Cc1c(F)cccc1Cl. The number of aldehydes is 1. The molecule has 3 heteroatoms. The van der Waals surface area contributed by atoms with Crippen molar-refractivity contribution in [3.05, 3.63) is 34.6 Å². The molecule has 1 rings (SSSR count). The summed E-state index contributed by atoms with van der Waals surface area (Å²) in [5.41, 5.74) is 0.0614. The molecule has 0 saturated carbocycles. The Morgan fingerprint density at radius 2 is 2.25 bits per heavy atom. The van der Waals surface area contributed by atoms with E-state index in [2.05, 4.69) is 11.8 Å². The van der Waals surface area contributed by atoms with Crippen LogP contribution in [0.1, 0.15) is 5.56 Å². The predicted octanol–water partition coefficient (Wildman–Crippen LogP) is 2.03. The second-order valence-electron chi connectivity index (χ2n) is 1.98. The van der Waals surface area contributed by atoms with Crippen molar-refractivity contribution in [1.82, 2.24) is 0 Å². The molecule has 0 N–H and O–H groups in total. The first-order valence-corrected chi connectivity index (χ1v) is 3.52. The number of benzene rings is 1. The van der Waals surface area contributed by atoms with Gasteiger partial charge in [-0.05, 0) is 18.1 Å². The van der Waals surface area contributed by atoms with Crippen molar-refractivity contribution in [2.45, 2.75) is 0 Å². The highest BCUT2D eigenvalue weighted by Gasteiger charge is 2.01. The zero-order chi connectivity index (χ0) is 8.97. The van der Waals surface area contributed by atoms with Crippen LogP contribution in [0.5, 0.6) is 0 Å². The van der Waals surface area contributed by atoms with E-state index in [0.717, 1.165) is 0 Å². The number of halogens is 2. The molecular weight excluding hydrogens is 179 g/mol. The molecule has 0 unspecified atom stereocenters. The molecule has 0 saturated heterocycles. The second-order valence-corrected chi connectivity index (χ2v) is 2.39. The van der Waals surface area contributed by atoms with E-state index in [0.29, 0.717) is 6.29 Å². The molecule has 0 aliphatic carbocycles. The van der Waals surface area contributed by atoms with Gasteiger partial charge in [0.1, 0.15) is 5.82 Å². The molecule has 0 heterocycles. The lowest BCUT2D eigenvalue weighted by atomic mass is 10.2. The Kier molecular flexibility index (Phi) is 2.84. The Morgan fingerprint density at radius 3 is 2.83 bits per heavy atom. The van der Waals surface area contributed by atoms with Crippen molar-refractivity contribution in [1.29, 1.82) is 0 Å². The van der Waals surface area contributed by atoms with Gasteiger partial charge in [0.25, 0.3) is 0 Å². The molecule has 0 aromatic heterocycles. The van der Waals surface area contributed by atoms with Crippen LogP contribution in [0.15, 0.2) is 18.2 Å². The summed E-state index contributed by atoms with van der Waals surface area (Å²) in [6, 6.07) is 4.23. The Hall–Kier alpha value is -1.33. The summed E-state index contributed by atoms with van der Waals surface area (Å²) in [7, 11) is 0. The normalized spacial score (nSPS) is 8.50. The molecule has 0 bridgehead atoms. The van der Waals surface area contributed by atoms with Crippen LogP contribution in [-0.2, 0) is 4.79 Å². The van der Waals surface area contributed by atoms with Gasteiger partial charge in [-0.1, -0.05) is 23.6 Å². The Morgan fingerprint density at radius 1 is 1.50 bits per heavy atom. The fourth-order valence-corrected chi connectivity index (χ4v) is 0.929. The van der Waals surface area contributed by atoms with Crippen LogP contribution in [-0.4, -0.2) is 6.29 Å². The quantitative estimate of drug-likeness (QED) is 0.443. The van der Waals surface area contributed by atoms with E-state index in [1.807, 2.05) is 0 Å². The van der Waals surface area contributed by atoms with E-state index < -0.39 is 5.82 Å². The van der Waals surface area contributed by atoms with Crippen LogP contribution >= 0.6 is 11.6 Å². The molecule has 0 fully saturated rings. The van der Waals surface area contributed by atoms with Gasteiger partial charge in [0, 0.05) is 0 Å². The molecule has 0 spiro atoms. The maximum Gasteiger partial charge on any atom is 0.193 e. The molecule has 0 aliphatic rings. The lowest BCUT2D eigenvalue weighted by molar-refractivity contribution is -0.103. The molecule has 12 heavy (non-hydrogen) atoms. The maximum absolute atomic E-state index is 12.9. The molecule has 0 amide bonds. The standard InChI is InChI=1S/C9H4ClFO/c10-8-4-1-5-9(11)7(8)3-2-6-12/h1,4-6H. The van der Waals surface area contributed by atoms with Crippen LogP contribution in [0, 0.1) is 17.7 Å². The number of rotatable bonds is 0. The van der Waals surface area contributed by atoms with Gasteiger partial charge in [-0.3, -0.25) is 4.79 Å². The van der Waals surface area contributed by atoms with E-state index >= 15 is 0 Å². The van der Waals surface area contributed by atoms with E-state index in [1.165, 1.54) is 18.2 Å². The fourth-order valence-electron chi connectivity index (χ4n) is 0.719. The average Bonchev–Trinajstić information content (AvgIpc) is 2.04. The zero-order valence-electron chi connectivity index (χ0n) is 5.97. The smallest absolute Gasteiger partial charge is 0.193 e. The Bertz CT molecular complexity index is 342. The predicted molar refractivity (Wildman–Crippen MR) is 44.4 cm³/mol. The molecule has 0 radical (unpaired) electrons. The van der Waals surface area contributed by atoms with Crippen molar-refractivity contribution < 1.29 is 9.18 Å². The maximum atomic E-state index is 12.9. The number of carbonyl (C=O) groups excluding carboxylic acids is 1. The monoisotopic (exact) mass is 182 g/mol. The number of hydrogen-bond donors (Lipinski definition) is 0. The van der Waals surface area contributed by atoms with Crippen LogP contribution in [0.25, 0.3) is 0 Å². The minimum atomic E-state index is -0.517. The second kappa shape index (κ2) is 3.89. The van der Waals surface area contributed by atoms with E-state index in [4.69, 9.17) is 11.6 Å². The molecule has 1 nitrogen and oxygen atoms in total. The number of carbonyl (C=O) groups is 1. The topological polar surface area (TPSA) is 17.1 Å². The zero-order valence-corrected chi connectivity index (χ0v) is 6.73. The molecular formula is C9H4ClFO. The van der Waals surface area contributed by atoms with Gasteiger partial charge in [0.05, 0.1) is 10.6 Å². The summed E-state index contributed by atoms with van der Waals surface area (Å²) in [6.45, 7) is 0. The lowest BCUT2D eigenvalue weighted by Gasteiger charge is -1.95. The third kappa shape index (κ3) is 1.84. The molecule has 60 valence electrons. The van der Waals surface area contributed by atoms with Crippen molar-refractivity contribution >= 4 is 17.9 Å². The third-order valence-electron chi connectivity index (χ3n) is 1.22. The highest BCUT2D eigenvalue weighted by atomic mass is 35.5. The molecule has 1 aromatic rings. The van der Waals surface area contributed by atoms with Crippen molar-refractivity contribution in [3.63, 3.8) is 0 Å². The van der Waals surface area contributed by atoms with Gasteiger partial charge in [-0.2, -0.15) is 0 Å². The highest BCUT2D eigenvalue weighted by Crippen LogP contribution is 2.16. The highest BCUT2D eigenvalue weighted by molar-refractivity contribution is 6.31. The first-order valence-electron chi connectivity index (χ1n) is 3.15. The minimum absolute atomic E-state index is 0.0614. The van der Waals surface area contributed by atoms with Crippen molar-refractivity contribution in [3.8, 4) is 11.8 Å². The fraction of sp³-hybridized carbons (Fsp3) is 0. The summed E-state index contributed by atoms with van der Waals surface area (Å²) in [5, 5.41) is 0.212. The van der Waals surface area contributed by atoms with Gasteiger partial charge in [0.2, 0.25) is 0 Å². The largest absolute Gasteiger partial charge is 0.289 e.